The number of H-pyrrole nitrogens is 1. The molecule has 13 heavy (non-hydrogen) atoms. The van der Waals surface area contributed by atoms with E-state index in [-0.39, 0.29) is 5.95 Å². The Morgan fingerprint density at radius 1 is 1.46 bits per heavy atom. The molecular formula is C8H11N5. The number of rotatable bonds is 2. The highest BCUT2D eigenvalue weighted by molar-refractivity contribution is 5.70. The Morgan fingerprint density at radius 2 is 2.31 bits per heavy atom. The summed E-state index contributed by atoms with van der Waals surface area (Å²) < 4.78 is 0. The molecule has 0 aliphatic carbocycles. The molecule has 0 aromatic carbocycles. The van der Waals surface area contributed by atoms with Crippen LogP contribution in [-0.2, 0) is 6.42 Å². The zero-order chi connectivity index (χ0) is 9.26. The Labute approximate surface area is 75.4 Å². The number of nitrogens with zero attached hydrogens (tertiary/aromatic N) is 3. The second kappa shape index (κ2) is 3.01. The molecule has 5 nitrogen and oxygen atoms in total. The van der Waals surface area contributed by atoms with Crippen molar-refractivity contribution in [2.24, 2.45) is 0 Å². The van der Waals surface area contributed by atoms with Crippen molar-refractivity contribution in [3.05, 3.63) is 12.0 Å². The second-order valence-electron chi connectivity index (χ2n) is 2.90. The maximum absolute atomic E-state index is 5.43. The smallest absolute Gasteiger partial charge is 0.222 e. The maximum Gasteiger partial charge on any atom is 0.222 e. The van der Waals surface area contributed by atoms with E-state index < -0.39 is 0 Å². The van der Waals surface area contributed by atoms with Gasteiger partial charge >= 0.3 is 0 Å². The van der Waals surface area contributed by atoms with E-state index in [2.05, 4.69) is 26.9 Å². The number of aryl methyl sites for hydroxylation is 1. The number of nitrogen functional groups attached to an aromatic ring is 1. The van der Waals surface area contributed by atoms with Gasteiger partial charge in [0.15, 0.2) is 5.65 Å². The van der Waals surface area contributed by atoms with Gasteiger partial charge < -0.3 is 10.7 Å². The molecule has 0 saturated heterocycles. The van der Waals surface area contributed by atoms with Crippen molar-refractivity contribution in [3.8, 4) is 0 Å². The standard InChI is InChI=1S/C8H11N5/c1-2-3-6-11-5-4-10-8(9)13-7(5)12-6/h4H,2-3H2,1H3,(H3,9,10,11,12,13). The summed E-state index contributed by atoms with van der Waals surface area (Å²) in [7, 11) is 0. The lowest BCUT2D eigenvalue weighted by Crippen LogP contribution is -1.93. The minimum absolute atomic E-state index is 0.266. The fraction of sp³-hybridized carbons (Fsp3) is 0.375. The van der Waals surface area contributed by atoms with Gasteiger partial charge in [-0.2, -0.15) is 4.98 Å². The van der Waals surface area contributed by atoms with E-state index in [1.165, 1.54) is 0 Å². The third-order valence-corrected chi connectivity index (χ3v) is 1.79. The highest BCUT2D eigenvalue weighted by atomic mass is 15.1. The zero-order valence-electron chi connectivity index (χ0n) is 7.41. The Balaban J connectivity index is 2.49. The number of nitrogens with two attached hydrogens (primary N) is 1. The summed E-state index contributed by atoms with van der Waals surface area (Å²) in [5, 5.41) is 0. The van der Waals surface area contributed by atoms with Gasteiger partial charge in [-0.1, -0.05) is 6.92 Å². The van der Waals surface area contributed by atoms with Crippen LogP contribution in [0, 0.1) is 0 Å². The van der Waals surface area contributed by atoms with E-state index >= 15 is 0 Å². The lowest BCUT2D eigenvalue weighted by molar-refractivity contribution is 0.860. The van der Waals surface area contributed by atoms with Gasteiger partial charge in [0.05, 0.1) is 6.20 Å². The van der Waals surface area contributed by atoms with E-state index in [0.29, 0.717) is 5.65 Å². The van der Waals surface area contributed by atoms with Crippen LogP contribution < -0.4 is 5.73 Å². The average Bonchev–Trinajstić information content (AvgIpc) is 2.46. The molecule has 2 aromatic rings. The van der Waals surface area contributed by atoms with Gasteiger partial charge in [-0.05, 0) is 6.42 Å². The SMILES string of the molecule is CCCc1nc2nc(N)ncc2[nH]1. The van der Waals surface area contributed by atoms with Gasteiger partial charge in [-0.25, -0.2) is 9.97 Å². The maximum atomic E-state index is 5.43. The third-order valence-electron chi connectivity index (χ3n) is 1.79. The summed E-state index contributed by atoms with van der Waals surface area (Å²) in [6, 6.07) is 0. The second-order valence-corrected chi connectivity index (χ2v) is 2.90. The topological polar surface area (TPSA) is 80.5 Å². The van der Waals surface area contributed by atoms with Crippen molar-refractivity contribution in [2.45, 2.75) is 19.8 Å². The van der Waals surface area contributed by atoms with Crippen molar-refractivity contribution < 1.29 is 0 Å². The Hall–Kier alpha value is -1.65. The van der Waals surface area contributed by atoms with Gasteiger partial charge in [-0.15, -0.1) is 0 Å². The monoisotopic (exact) mass is 177 g/mol. The number of nitrogens with one attached hydrogen (secondary N) is 1. The number of aromatic nitrogens is 4. The van der Waals surface area contributed by atoms with Crippen LogP contribution in [0.1, 0.15) is 19.2 Å². The molecule has 3 N–H and O–H groups in total. The van der Waals surface area contributed by atoms with E-state index in [9.17, 15) is 0 Å². The molecule has 0 saturated carbocycles. The lowest BCUT2D eigenvalue weighted by atomic mass is 10.3. The van der Waals surface area contributed by atoms with Crippen molar-refractivity contribution >= 4 is 17.1 Å². The minimum Gasteiger partial charge on any atom is -0.368 e. The number of aromatic amines is 1. The molecule has 0 unspecified atom stereocenters. The molecule has 0 bridgehead atoms. The predicted molar refractivity (Wildman–Crippen MR) is 50.1 cm³/mol. The summed E-state index contributed by atoms with van der Waals surface area (Å²) in [4.78, 5) is 15.3. The van der Waals surface area contributed by atoms with Crippen LogP contribution in [0.4, 0.5) is 5.95 Å². The Morgan fingerprint density at radius 3 is 3.08 bits per heavy atom. The molecule has 2 aromatic heterocycles. The molecule has 0 radical (unpaired) electrons. The first kappa shape index (κ1) is 7.97. The largest absolute Gasteiger partial charge is 0.368 e. The molecule has 0 spiro atoms. The Kier molecular flexibility index (Phi) is 1.84. The van der Waals surface area contributed by atoms with Gasteiger partial charge in [0.2, 0.25) is 5.95 Å². The molecule has 0 aliphatic heterocycles. The summed E-state index contributed by atoms with van der Waals surface area (Å²) in [6.07, 6.45) is 3.64. The highest BCUT2D eigenvalue weighted by Gasteiger charge is 2.03. The van der Waals surface area contributed by atoms with Gasteiger partial charge in [-0.3, -0.25) is 0 Å². The van der Waals surface area contributed by atoms with Crippen LogP contribution >= 0.6 is 0 Å². The number of imidazole rings is 1. The van der Waals surface area contributed by atoms with Gasteiger partial charge in [0, 0.05) is 6.42 Å². The molecule has 0 atom stereocenters. The predicted octanol–water partition coefficient (Wildman–Crippen LogP) is 0.888. The van der Waals surface area contributed by atoms with Gasteiger partial charge in [0.1, 0.15) is 11.3 Å². The van der Waals surface area contributed by atoms with Crippen LogP contribution in [0.2, 0.25) is 0 Å². The number of hydrogen-bond donors (Lipinski definition) is 2. The lowest BCUT2D eigenvalue weighted by Gasteiger charge is -1.87. The van der Waals surface area contributed by atoms with E-state index in [4.69, 9.17) is 5.73 Å². The van der Waals surface area contributed by atoms with Gasteiger partial charge in [0.25, 0.3) is 0 Å². The summed E-state index contributed by atoms with van der Waals surface area (Å²) in [5.41, 5.74) is 6.93. The van der Waals surface area contributed by atoms with Crippen LogP contribution in [-0.4, -0.2) is 19.9 Å². The van der Waals surface area contributed by atoms with Crippen molar-refractivity contribution in [1.29, 1.82) is 0 Å². The summed E-state index contributed by atoms with van der Waals surface area (Å²) in [6.45, 7) is 2.10. The van der Waals surface area contributed by atoms with Crippen LogP contribution in [0.5, 0.6) is 0 Å². The highest BCUT2D eigenvalue weighted by Crippen LogP contribution is 2.09. The molecule has 0 fully saturated rings. The summed E-state index contributed by atoms with van der Waals surface area (Å²) in [5.74, 6) is 1.21. The van der Waals surface area contributed by atoms with Crippen molar-refractivity contribution in [2.75, 3.05) is 5.73 Å². The zero-order valence-corrected chi connectivity index (χ0v) is 7.41. The van der Waals surface area contributed by atoms with E-state index in [0.717, 1.165) is 24.2 Å². The van der Waals surface area contributed by atoms with Crippen molar-refractivity contribution in [3.63, 3.8) is 0 Å². The fourth-order valence-electron chi connectivity index (χ4n) is 1.23. The average molecular weight is 177 g/mol. The molecule has 5 heteroatoms. The number of anilines is 1. The first-order chi connectivity index (χ1) is 6.29. The van der Waals surface area contributed by atoms with E-state index in [1.54, 1.807) is 6.20 Å². The molecule has 2 rings (SSSR count). The third kappa shape index (κ3) is 1.44. The minimum atomic E-state index is 0.266. The fourth-order valence-corrected chi connectivity index (χ4v) is 1.23. The Bertz CT molecular complexity index is 419. The summed E-state index contributed by atoms with van der Waals surface area (Å²) >= 11 is 0. The van der Waals surface area contributed by atoms with Crippen LogP contribution in [0.15, 0.2) is 6.20 Å². The quantitative estimate of drug-likeness (QED) is 0.713. The van der Waals surface area contributed by atoms with Crippen LogP contribution in [0.3, 0.4) is 0 Å². The first-order valence-corrected chi connectivity index (χ1v) is 4.26. The number of fused-ring (bicyclic) bond motifs is 1. The molecule has 68 valence electrons. The first-order valence-electron chi connectivity index (χ1n) is 4.26. The molecule has 0 amide bonds. The van der Waals surface area contributed by atoms with Crippen molar-refractivity contribution in [1.82, 2.24) is 19.9 Å². The number of hydrogen-bond acceptors (Lipinski definition) is 4. The van der Waals surface area contributed by atoms with Crippen LogP contribution in [0.25, 0.3) is 11.2 Å². The molecule has 2 heterocycles. The normalized spacial score (nSPS) is 10.8. The molecular weight excluding hydrogens is 166 g/mol. The molecule has 0 aliphatic rings. The van der Waals surface area contributed by atoms with E-state index in [1.807, 2.05) is 0 Å².